The van der Waals surface area contributed by atoms with E-state index in [4.69, 9.17) is 15.2 Å². The first-order valence-electron chi connectivity index (χ1n) is 5.87. The highest BCUT2D eigenvalue weighted by Gasteiger charge is 2.01. The summed E-state index contributed by atoms with van der Waals surface area (Å²) in [6.45, 7) is 1.93. The van der Waals surface area contributed by atoms with Crippen LogP contribution < -0.4 is 11.1 Å². The largest absolute Gasteiger partial charge is 0.380 e. The summed E-state index contributed by atoms with van der Waals surface area (Å²) in [6.07, 6.45) is 0. The average molecular weight is 252 g/mol. The molecule has 0 bridgehead atoms. The minimum absolute atomic E-state index is 0.0506. The third kappa shape index (κ3) is 5.77. The number of carbonyl (C=O) groups is 1. The Morgan fingerprint density at radius 1 is 1.39 bits per heavy atom. The van der Waals surface area contributed by atoms with Crippen LogP contribution in [0.15, 0.2) is 24.3 Å². The van der Waals surface area contributed by atoms with Gasteiger partial charge in [-0.15, -0.1) is 0 Å². The molecule has 0 fully saturated rings. The van der Waals surface area contributed by atoms with Gasteiger partial charge in [0.1, 0.15) is 6.61 Å². The average Bonchev–Trinajstić information content (AvgIpc) is 2.38. The van der Waals surface area contributed by atoms with Crippen LogP contribution in [0, 0.1) is 0 Å². The van der Waals surface area contributed by atoms with Crippen LogP contribution in [0.4, 0.5) is 0 Å². The van der Waals surface area contributed by atoms with Crippen molar-refractivity contribution in [2.24, 2.45) is 5.73 Å². The van der Waals surface area contributed by atoms with Gasteiger partial charge in [0.25, 0.3) is 0 Å². The van der Waals surface area contributed by atoms with Gasteiger partial charge in [-0.3, -0.25) is 4.79 Å². The first-order valence-corrected chi connectivity index (χ1v) is 5.87. The van der Waals surface area contributed by atoms with Crippen LogP contribution in [0.2, 0.25) is 0 Å². The molecule has 1 amide bonds. The van der Waals surface area contributed by atoms with Crippen molar-refractivity contribution in [3.8, 4) is 0 Å². The van der Waals surface area contributed by atoms with E-state index >= 15 is 0 Å². The van der Waals surface area contributed by atoms with Crippen LogP contribution in [0.5, 0.6) is 0 Å². The number of amides is 1. The van der Waals surface area contributed by atoms with Crippen molar-refractivity contribution >= 4 is 5.91 Å². The van der Waals surface area contributed by atoms with Gasteiger partial charge in [-0.2, -0.15) is 0 Å². The van der Waals surface area contributed by atoms with E-state index in [2.05, 4.69) is 5.32 Å². The third-order valence-electron chi connectivity index (χ3n) is 2.29. The fourth-order valence-corrected chi connectivity index (χ4v) is 1.50. The summed E-state index contributed by atoms with van der Waals surface area (Å²) < 4.78 is 10.1. The quantitative estimate of drug-likeness (QED) is 0.658. The fourth-order valence-electron chi connectivity index (χ4n) is 1.50. The maximum absolute atomic E-state index is 11.4. The molecule has 3 N–H and O–H groups in total. The fraction of sp³-hybridized carbons (Fsp3) is 0.462. The molecule has 0 aliphatic carbocycles. The van der Waals surface area contributed by atoms with Crippen molar-refractivity contribution in [2.75, 3.05) is 26.9 Å². The molecule has 0 atom stereocenters. The van der Waals surface area contributed by atoms with Crippen LogP contribution in [0.3, 0.4) is 0 Å². The molecule has 0 saturated heterocycles. The Bertz CT molecular complexity index is 369. The van der Waals surface area contributed by atoms with Gasteiger partial charge >= 0.3 is 0 Å². The number of hydrogen-bond donors (Lipinski definition) is 2. The van der Waals surface area contributed by atoms with Crippen LogP contribution in [-0.4, -0.2) is 32.8 Å². The maximum atomic E-state index is 11.4. The van der Waals surface area contributed by atoms with Gasteiger partial charge in [-0.05, 0) is 11.1 Å². The van der Waals surface area contributed by atoms with E-state index in [1.165, 1.54) is 0 Å². The Balaban J connectivity index is 2.33. The molecule has 0 aliphatic rings. The Hall–Kier alpha value is -1.43. The Labute approximate surface area is 107 Å². The Morgan fingerprint density at radius 3 is 2.89 bits per heavy atom. The summed E-state index contributed by atoms with van der Waals surface area (Å²) in [4.78, 5) is 11.4. The monoisotopic (exact) mass is 252 g/mol. The van der Waals surface area contributed by atoms with Gasteiger partial charge in [0.2, 0.25) is 5.91 Å². The predicted molar refractivity (Wildman–Crippen MR) is 68.9 cm³/mol. The smallest absolute Gasteiger partial charge is 0.246 e. The highest BCUT2D eigenvalue weighted by Crippen LogP contribution is 2.06. The number of nitrogens with two attached hydrogens (primary N) is 1. The molecule has 100 valence electrons. The van der Waals surface area contributed by atoms with E-state index in [-0.39, 0.29) is 12.5 Å². The molecular formula is C13H20N2O3. The number of rotatable bonds is 8. The standard InChI is InChI=1S/C13H20N2O3/c1-17-9-12-4-2-3-11(7-12)8-15-13(16)10-18-6-5-14/h2-4,7H,5-6,8-10,14H2,1H3,(H,15,16). The molecule has 0 aromatic heterocycles. The number of hydrogen-bond acceptors (Lipinski definition) is 4. The molecule has 0 spiro atoms. The van der Waals surface area contributed by atoms with Crippen molar-refractivity contribution < 1.29 is 14.3 Å². The highest BCUT2D eigenvalue weighted by molar-refractivity contribution is 5.77. The lowest BCUT2D eigenvalue weighted by Crippen LogP contribution is -2.28. The SMILES string of the molecule is COCc1cccc(CNC(=O)COCCN)c1. The van der Waals surface area contributed by atoms with Crippen molar-refractivity contribution in [2.45, 2.75) is 13.2 Å². The number of benzene rings is 1. The van der Waals surface area contributed by atoms with E-state index in [1.807, 2.05) is 24.3 Å². The molecule has 0 radical (unpaired) electrons. The van der Waals surface area contributed by atoms with Crippen molar-refractivity contribution in [1.82, 2.24) is 5.32 Å². The highest BCUT2D eigenvalue weighted by atomic mass is 16.5. The van der Waals surface area contributed by atoms with Gasteiger partial charge in [-0.25, -0.2) is 0 Å². The van der Waals surface area contributed by atoms with Crippen molar-refractivity contribution in [1.29, 1.82) is 0 Å². The molecule has 1 aromatic carbocycles. The summed E-state index contributed by atoms with van der Waals surface area (Å²) in [7, 11) is 1.66. The lowest BCUT2D eigenvalue weighted by molar-refractivity contribution is -0.125. The summed E-state index contributed by atoms with van der Waals surface area (Å²) in [5.74, 6) is -0.138. The second-order valence-corrected chi connectivity index (χ2v) is 3.87. The summed E-state index contributed by atoms with van der Waals surface area (Å²) in [5.41, 5.74) is 7.38. The molecular weight excluding hydrogens is 232 g/mol. The molecule has 1 aromatic rings. The summed E-state index contributed by atoms with van der Waals surface area (Å²) >= 11 is 0. The molecule has 0 aliphatic heterocycles. The van der Waals surface area contributed by atoms with Crippen LogP contribution in [0.25, 0.3) is 0 Å². The van der Waals surface area contributed by atoms with Crippen molar-refractivity contribution in [3.05, 3.63) is 35.4 Å². The molecule has 0 unspecified atom stereocenters. The first-order chi connectivity index (χ1) is 8.76. The van der Waals surface area contributed by atoms with Gasteiger partial charge in [0.15, 0.2) is 0 Å². The van der Waals surface area contributed by atoms with E-state index < -0.39 is 0 Å². The first kappa shape index (κ1) is 14.6. The molecule has 0 heterocycles. The van der Waals surface area contributed by atoms with E-state index in [0.29, 0.717) is 26.3 Å². The van der Waals surface area contributed by atoms with Crippen LogP contribution >= 0.6 is 0 Å². The zero-order valence-corrected chi connectivity index (χ0v) is 10.6. The Morgan fingerprint density at radius 2 is 2.17 bits per heavy atom. The molecule has 1 rings (SSSR count). The van der Waals surface area contributed by atoms with E-state index in [9.17, 15) is 4.79 Å². The predicted octanol–water partition coefficient (Wildman–Crippen LogP) is 0.425. The van der Waals surface area contributed by atoms with Crippen molar-refractivity contribution in [3.63, 3.8) is 0 Å². The van der Waals surface area contributed by atoms with Gasteiger partial charge in [0, 0.05) is 20.2 Å². The normalized spacial score (nSPS) is 10.3. The lowest BCUT2D eigenvalue weighted by Gasteiger charge is -2.07. The maximum Gasteiger partial charge on any atom is 0.246 e. The second-order valence-electron chi connectivity index (χ2n) is 3.87. The van der Waals surface area contributed by atoms with Gasteiger partial charge in [0.05, 0.1) is 13.2 Å². The topological polar surface area (TPSA) is 73.6 Å². The second kappa shape index (κ2) is 8.63. The van der Waals surface area contributed by atoms with Gasteiger partial charge in [-0.1, -0.05) is 24.3 Å². The third-order valence-corrected chi connectivity index (χ3v) is 2.29. The number of carbonyl (C=O) groups excluding carboxylic acids is 1. The molecule has 5 nitrogen and oxygen atoms in total. The number of nitrogens with one attached hydrogen (secondary N) is 1. The van der Waals surface area contributed by atoms with E-state index in [1.54, 1.807) is 7.11 Å². The minimum atomic E-state index is -0.138. The molecule has 0 saturated carbocycles. The van der Waals surface area contributed by atoms with Crippen LogP contribution in [0.1, 0.15) is 11.1 Å². The lowest BCUT2D eigenvalue weighted by atomic mass is 10.1. The molecule has 18 heavy (non-hydrogen) atoms. The van der Waals surface area contributed by atoms with Crippen LogP contribution in [-0.2, 0) is 27.4 Å². The summed E-state index contributed by atoms with van der Waals surface area (Å²) in [5, 5.41) is 2.78. The Kier molecular flexibility index (Phi) is 7.01. The number of methoxy groups -OCH3 is 1. The summed E-state index contributed by atoms with van der Waals surface area (Å²) in [6, 6.07) is 7.89. The zero-order chi connectivity index (χ0) is 13.2. The van der Waals surface area contributed by atoms with E-state index in [0.717, 1.165) is 11.1 Å². The van der Waals surface area contributed by atoms with Gasteiger partial charge < -0.3 is 20.5 Å². The zero-order valence-electron chi connectivity index (χ0n) is 10.6. The minimum Gasteiger partial charge on any atom is -0.380 e. The number of ether oxygens (including phenoxy) is 2. The molecule has 5 heteroatoms.